The number of ether oxygens (including phenoxy) is 3. The summed E-state index contributed by atoms with van der Waals surface area (Å²) in [5, 5.41) is 0. The van der Waals surface area contributed by atoms with Gasteiger partial charge in [0.15, 0.2) is 5.79 Å². The summed E-state index contributed by atoms with van der Waals surface area (Å²) in [7, 11) is 0. The first-order valence-corrected chi connectivity index (χ1v) is 5.31. The Bertz CT molecular complexity index is 221. The molecule has 0 N–H and O–H groups in total. The van der Waals surface area contributed by atoms with Crippen LogP contribution in [0.2, 0.25) is 0 Å². The molecule has 0 radical (unpaired) electrons. The van der Waals surface area contributed by atoms with Crippen LogP contribution in [0.4, 0.5) is 0 Å². The van der Waals surface area contributed by atoms with Gasteiger partial charge in [0.05, 0.1) is 19.8 Å². The quantitative estimate of drug-likeness (QED) is 0.499. The predicted octanol–water partition coefficient (Wildman–Crippen LogP) is 2.29. The molecule has 3 nitrogen and oxygen atoms in total. The van der Waals surface area contributed by atoms with Crippen LogP contribution < -0.4 is 0 Å². The fourth-order valence-corrected chi connectivity index (χ4v) is 1.40. The minimum absolute atomic E-state index is 0.0726. The molecular formula is C12H20O3. The van der Waals surface area contributed by atoms with Crippen molar-refractivity contribution in [3.05, 3.63) is 24.8 Å². The molecular weight excluding hydrogens is 192 g/mol. The average Bonchev–Trinajstić information content (AvgIpc) is 2.52. The molecule has 0 amide bonds. The van der Waals surface area contributed by atoms with Crippen LogP contribution in [-0.4, -0.2) is 31.7 Å². The number of hydrogen-bond acceptors (Lipinski definition) is 3. The Morgan fingerprint density at radius 2 is 2.33 bits per heavy atom. The van der Waals surface area contributed by atoms with Crippen LogP contribution in [0.5, 0.6) is 0 Å². The van der Waals surface area contributed by atoms with Crippen molar-refractivity contribution in [3.8, 4) is 0 Å². The maximum Gasteiger partial charge on any atom is 0.163 e. The molecule has 3 heteroatoms. The van der Waals surface area contributed by atoms with Crippen molar-refractivity contribution in [3.63, 3.8) is 0 Å². The van der Waals surface area contributed by atoms with Crippen LogP contribution >= 0.6 is 0 Å². The van der Waals surface area contributed by atoms with Gasteiger partial charge < -0.3 is 14.2 Å². The highest BCUT2D eigenvalue weighted by Crippen LogP contribution is 2.22. The van der Waals surface area contributed by atoms with Crippen molar-refractivity contribution in [1.82, 2.24) is 0 Å². The van der Waals surface area contributed by atoms with Crippen molar-refractivity contribution >= 4 is 0 Å². The lowest BCUT2D eigenvalue weighted by Gasteiger charge is -2.16. The largest absolute Gasteiger partial charge is 0.378 e. The lowest BCUT2D eigenvalue weighted by atomic mass is 10.4. The fourth-order valence-electron chi connectivity index (χ4n) is 1.40. The third-order valence-corrected chi connectivity index (χ3v) is 2.07. The third-order valence-electron chi connectivity index (χ3n) is 2.07. The van der Waals surface area contributed by atoms with Gasteiger partial charge in [-0.05, 0) is 20.3 Å². The van der Waals surface area contributed by atoms with Gasteiger partial charge in [-0.25, -0.2) is 0 Å². The van der Waals surface area contributed by atoms with E-state index < -0.39 is 5.79 Å². The van der Waals surface area contributed by atoms with Gasteiger partial charge in [-0.3, -0.25) is 0 Å². The second-order valence-electron chi connectivity index (χ2n) is 3.98. The molecule has 1 unspecified atom stereocenters. The monoisotopic (exact) mass is 212 g/mol. The summed E-state index contributed by atoms with van der Waals surface area (Å²) in [6.07, 6.45) is 6.69. The van der Waals surface area contributed by atoms with Crippen molar-refractivity contribution < 1.29 is 14.2 Å². The van der Waals surface area contributed by atoms with Gasteiger partial charge in [0.25, 0.3) is 0 Å². The topological polar surface area (TPSA) is 27.7 Å². The molecule has 0 aromatic carbocycles. The molecule has 15 heavy (non-hydrogen) atoms. The van der Waals surface area contributed by atoms with E-state index in [0.29, 0.717) is 19.8 Å². The van der Waals surface area contributed by atoms with Crippen LogP contribution in [0.3, 0.4) is 0 Å². The molecule has 0 aromatic heterocycles. The highest BCUT2D eigenvalue weighted by atomic mass is 16.7. The van der Waals surface area contributed by atoms with Crippen LogP contribution in [0.15, 0.2) is 24.8 Å². The standard InChI is InChI=1S/C12H20O3/c1-4-5-6-7-8-13-9-11-10-14-12(2,3)15-11/h4-6,11H,1,7-10H2,2-3H3/b6-5+. The van der Waals surface area contributed by atoms with Crippen LogP contribution in [0.25, 0.3) is 0 Å². The van der Waals surface area contributed by atoms with E-state index in [2.05, 4.69) is 6.58 Å². The first-order valence-electron chi connectivity index (χ1n) is 5.31. The molecule has 1 aliphatic rings. The molecule has 0 spiro atoms. The van der Waals surface area contributed by atoms with E-state index in [-0.39, 0.29) is 6.10 Å². The number of rotatable bonds is 6. The summed E-state index contributed by atoms with van der Waals surface area (Å²) in [5.41, 5.74) is 0. The molecule has 1 fully saturated rings. The molecule has 0 saturated carbocycles. The van der Waals surface area contributed by atoms with Crippen molar-refractivity contribution in [2.45, 2.75) is 32.2 Å². The van der Waals surface area contributed by atoms with Gasteiger partial charge in [0.2, 0.25) is 0 Å². The van der Waals surface area contributed by atoms with Crippen LogP contribution in [-0.2, 0) is 14.2 Å². The van der Waals surface area contributed by atoms with Gasteiger partial charge in [0, 0.05) is 0 Å². The highest BCUT2D eigenvalue weighted by molar-refractivity contribution is 4.96. The first-order chi connectivity index (χ1) is 7.14. The van der Waals surface area contributed by atoms with Crippen LogP contribution in [0, 0.1) is 0 Å². The summed E-state index contributed by atoms with van der Waals surface area (Å²) < 4.78 is 16.5. The Kier molecular flexibility index (Phi) is 5.02. The maximum absolute atomic E-state index is 5.60. The second kappa shape index (κ2) is 6.05. The molecule has 0 aliphatic carbocycles. The second-order valence-corrected chi connectivity index (χ2v) is 3.98. The maximum atomic E-state index is 5.60. The summed E-state index contributed by atoms with van der Waals surface area (Å²) in [4.78, 5) is 0. The Balaban J connectivity index is 2.02. The van der Waals surface area contributed by atoms with E-state index in [9.17, 15) is 0 Å². The zero-order chi connectivity index (χ0) is 11.1. The summed E-state index contributed by atoms with van der Waals surface area (Å²) in [6, 6.07) is 0. The SMILES string of the molecule is C=C/C=C/CCOCC1COC(C)(C)O1. The van der Waals surface area contributed by atoms with E-state index in [4.69, 9.17) is 14.2 Å². The summed E-state index contributed by atoms with van der Waals surface area (Å²) in [6.45, 7) is 9.36. The molecule has 0 aromatic rings. The summed E-state index contributed by atoms with van der Waals surface area (Å²) in [5.74, 6) is -0.448. The van der Waals surface area contributed by atoms with E-state index in [1.54, 1.807) is 6.08 Å². The number of hydrogen-bond donors (Lipinski definition) is 0. The van der Waals surface area contributed by atoms with Gasteiger partial charge in [-0.1, -0.05) is 24.8 Å². The Morgan fingerprint density at radius 3 is 2.93 bits per heavy atom. The van der Waals surface area contributed by atoms with E-state index in [1.807, 2.05) is 26.0 Å². The molecule has 1 saturated heterocycles. The minimum Gasteiger partial charge on any atom is -0.378 e. The van der Waals surface area contributed by atoms with Gasteiger partial charge in [-0.2, -0.15) is 0 Å². The van der Waals surface area contributed by atoms with E-state index in [1.165, 1.54) is 0 Å². The third kappa shape index (κ3) is 5.11. The van der Waals surface area contributed by atoms with Crippen molar-refractivity contribution in [2.75, 3.05) is 19.8 Å². The Hall–Kier alpha value is -0.640. The van der Waals surface area contributed by atoms with Gasteiger partial charge >= 0.3 is 0 Å². The lowest BCUT2D eigenvalue weighted by Crippen LogP contribution is -2.24. The zero-order valence-corrected chi connectivity index (χ0v) is 9.57. The summed E-state index contributed by atoms with van der Waals surface area (Å²) >= 11 is 0. The van der Waals surface area contributed by atoms with Gasteiger partial charge in [0.1, 0.15) is 6.10 Å². The Labute approximate surface area is 91.7 Å². The zero-order valence-electron chi connectivity index (χ0n) is 9.57. The van der Waals surface area contributed by atoms with Crippen molar-refractivity contribution in [1.29, 1.82) is 0 Å². The first kappa shape index (κ1) is 12.4. The lowest BCUT2D eigenvalue weighted by molar-refractivity contribution is -0.144. The van der Waals surface area contributed by atoms with Crippen molar-refractivity contribution in [2.24, 2.45) is 0 Å². The molecule has 86 valence electrons. The van der Waals surface area contributed by atoms with E-state index in [0.717, 1.165) is 6.42 Å². The molecule has 1 heterocycles. The van der Waals surface area contributed by atoms with Crippen LogP contribution in [0.1, 0.15) is 20.3 Å². The molecule has 1 atom stereocenters. The predicted molar refractivity (Wildman–Crippen MR) is 59.7 cm³/mol. The number of allylic oxidation sites excluding steroid dienone is 2. The molecule has 0 bridgehead atoms. The smallest absolute Gasteiger partial charge is 0.163 e. The van der Waals surface area contributed by atoms with E-state index >= 15 is 0 Å². The Morgan fingerprint density at radius 1 is 1.53 bits per heavy atom. The molecule has 1 aliphatic heterocycles. The van der Waals surface area contributed by atoms with Gasteiger partial charge in [-0.15, -0.1) is 0 Å². The minimum atomic E-state index is -0.448. The average molecular weight is 212 g/mol. The highest BCUT2D eigenvalue weighted by Gasteiger charge is 2.32. The molecule has 1 rings (SSSR count). The normalized spacial score (nSPS) is 24.8. The fraction of sp³-hybridized carbons (Fsp3) is 0.667.